The molecule has 0 spiro atoms. The summed E-state index contributed by atoms with van der Waals surface area (Å²) >= 11 is 11.5. The second-order valence-electron chi connectivity index (χ2n) is 4.25. The first-order chi connectivity index (χ1) is 10.4. The second-order valence-corrected chi connectivity index (χ2v) is 6.83. The summed E-state index contributed by atoms with van der Waals surface area (Å²) in [6.45, 7) is -0.0294. The molecule has 0 saturated heterocycles. The van der Waals surface area contributed by atoms with E-state index in [0.29, 0.717) is 0 Å². The maximum absolute atomic E-state index is 13.3. The third-order valence-corrected chi connectivity index (χ3v) is 4.89. The van der Waals surface area contributed by atoms with Gasteiger partial charge in [-0.15, -0.1) is 0 Å². The Morgan fingerprint density at radius 2 is 1.82 bits per heavy atom. The van der Waals surface area contributed by atoms with Gasteiger partial charge < -0.3 is 4.74 Å². The lowest BCUT2D eigenvalue weighted by Crippen LogP contribution is -2.28. The zero-order valence-corrected chi connectivity index (χ0v) is 13.6. The van der Waals surface area contributed by atoms with Crippen molar-refractivity contribution in [2.24, 2.45) is 0 Å². The molecule has 1 N–H and O–H groups in total. The van der Waals surface area contributed by atoms with Crippen LogP contribution in [0.5, 0.6) is 5.75 Å². The molecule has 0 saturated carbocycles. The number of rotatable bonds is 6. The number of sulfonamides is 1. The fraction of sp³-hybridized carbons (Fsp3) is 0.143. The monoisotopic (exact) mass is 363 g/mol. The van der Waals surface area contributed by atoms with Crippen molar-refractivity contribution in [3.63, 3.8) is 0 Å². The molecule has 0 radical (unpaired) electrons. The molecule has 8 heteroatoms. The molecule has 0 atom stereocenters. The quantitative estimate of drug-likeness (QED) is 0.799. The predicted octanol–water partition coefficient (Wildman–Crippen LogP) is 3.49. The van der Waals surface area contributed by atoms with Crippen LogP contribution in [0.3, 0.4) is 0 Å². The molecule has 0 fully saturated rings. The summed E-state index contributed by atoms with van der Waals surface area (Å²) in [6, 6.07) is 9.87. The van der Waals surface area contributed by atoms with Crippen LogP contribution in [0.1, 0.15) is 0 Å². The van der Waals surface area contributed by atoms with Crippen LogP contribution in [0.4, 0.5) is 4.39 Å². The van der Waals surface area contributed by atoms with Crippen molar-refractivity contribution in [3.8, 4) is 5.75 Å². The van der Waals surface area contributed by atoms with E-state index in [4.69, 9.17) is 27.9 Å². The van der Waals surface area contributed by atoms with Gasteiger partial charge >= 0.3 is 0 Å². The summed E-state index contributed by atoms with van der Waals surface area (Å²) in [4.78, 5) is -0.00667. The first-order valence-corrected chi connectivity index (χ1v) is 8.46. The highest BCUT2D eigenvalue weighted by atomic mass is 35.5. The number of nitrogens with one attached hydrogen (secondary N) is 1. The van der Waals surface area contributed by atoms with Gasteiger partial charge in [0.2, 0.25) is 10.0 Å². The van der Waals surface area contributed by atoms with Crippen LogP contribution in [0.25, 0.3) is 0 Å². The fourth-order valence-electron chi connectivity index (χ4n) is 1.63. The van der Waals surface area contributed by atoms with E-state index in [-0.39, 0.29) is 33.8 Å². The first-order valence-electron chi connectivity index (χ1n) is 6.22. The van der Waals surface area contributed by atoms with Crippen molar-refractivity contribution in [2.75, 3.05) is 13.2 Å². The van der Waals surface area contributed by atoms with E-state index in [2.05, 4.69) is 4.72 Å². The van der Waals surface area contributed by atoms with Crippen molar-refractivity contribution >= 4 is 33.2 Å². The Bertz CT molecular complexity index is 768. The number of para-hydroxylation sites is 1. The molecule has 22 heavy (non-hydrogen) atoms. The molecule has 0 unspecified atom stereocenters. The maximum Gasteiger partial charge on any atom is 0.240 e. The molecule has 2 aromatic rings. The van der Waals surface area contributed by atoms with Crippen molar-refractivity contribution in [1.82, 2.24) is 4.72 Å². The average molecular weight is 364 g/mol. The SMILES string of the molecule is O=S(=O)(NCCOc1ccccc1F)c1ccc(Cl)c(Cl)c1. The van der Waals surface area contributed by atoms with Crippen LogP contribution >= 0.6 is 23.2 Å². The Kier molecular flexibility index (Phi) is 5.63. The summed E-state index contributed by atoms with van der Waals surface area (Å²) in [7, 11) is -3.73. The zero-order valence-electron chi connectivity index (χ0n) is 11.2. The fourth-order valence-corrected chi connectivity index (χ4v) is 3.03. The molecule has 0 aliphatic carbocycles. The molecule has 118 valence electrons. The van der Waals surface area contributed by atoms with Gasteiger partial charge in [0, 0.05) is 6.54 Å². The Balaban J connectivity index is 1.93. The third-order valence-electron chi connectivity index (χ3n) is 2.69. The van der Waals surface area contributed by atoms with Gasteiger partial charge in [0.15, 0.2) is 11.6 Å². The minimum atomic E-state index is -3.73. The Morgan fingerprint density at radius 1 is 1.09 bits per heavy atom. The number of benzene rings is 2. The summed E-state index contributed by atoms with van der Waals surface area (Å²) in [5.41, 5.74) is 0. The number of hydrogen-bond acceptors (Lipinski definition) is 3. The van der Waals surface area contributed by atoms with Crippen molar-refractivity contribution in [1.29, 1.82) is 0 Å². The van der Waals surface area contributed by atoms with E-state index in [1.54, 1.807) is 6.07 Å². The van der Waals surface area contributed by atoms with Gasteiger partial charge in [0.25, 0.3) is 0 Å². The second kappa shape index (κ2) is 7.28. The van der Waals surface area contributed by atoms with Gasteiger partial charge in [-0.3, -0.25) is 0 Å². The van der Waals surface area contributed by atoms with Crippen LogP contribution in [0, 0.1) is 5.82 Å². The van der Waals surface area contributed by atoms with Crippen molar-refractivity contribution in [3.05, 3.63) is 58.3 Å². The van der Waals surface area contributed by atoms with Gasteiger partial charge in [0.1, 0.15) is 6.61 Å². The molecule has 0 heterocycles. The van der Waals surface area contributed by atoms with Crippen molar-refractivity contribution < 1.29 is 17.5 Å². The molecule has 2 rings (SSSR count). The molecule has 0 amide bonds. The smallest absolute Gasteiger partial charge is 0.240 e. The van der Waals surface area contributed by atoms with Crippen LogP contribution < -0.4 is 9.46 Å². The van der Waals surface area contributed by atoms with Gasteiger partial charge in [-0.2, -0.15) is 0 Å². The lowest BCUT2D eigenvalue weighted by atomic mass is 10.3. The molecule has 0 aliphatic rings. The summed E-state index contributed by atoms with van der Waals surface area (Å²) < 4.78 is 44.9. The highest BCUT2D eigenvalue weighted by Gasteiger charge is 2.15. The maximum atomic E-state index is 13.3. The minimum absolute atomic E-state index is 0.00667. The molecule has 4 nitrogen and oxygen atoms in total. The van der Waals surface area contributed by atoms with Gasteiger partial charge in [-0.1, -0.05) is 35.3 Å². The molecule has 0 aliphatic heterocycles. The number of ether oxygens (including phenoxy) is 1. The van der Waals surface area contributed by atoms with Crippen molar-refractivity contribution in [2.45, 2.75) is 4.90 Å². The van der Waals surface area contributed by atoms with E-state index >= 15 is 0 Å². The van der Waals surface area contributed by atoms with Gasteiger partial charge in [0.05, 0.1) is 14.9 Å². The van der Waals surface area contributed by atoms with E-state index in [1.165, 1.54) is 36.4 Å². The Hall–Kier alpha value is -1.34. The predicted molar refractivity (Wildman–Crippen MR) is 83.5 cm³/mol. The summed E-state index contributed by atoms with van der Waals surface area (Å²) in [5.74, 6) is -0.439. The van der Waals surface area contributed by atoms with E-state index in [9.17, 15) is 12.8 Å². The van der Waals surface area contributed by atoms with E-state index in [1.807, 2.05) is 0 Å². The third kappa shape index (κ3) is 4.33. The van der Waals surface area contributed by atoms with Crippen LogP contribution in [-0.4, -0.2) is 21.6 Å². The molecule has 0 bridgehead atoms. The zero-order chi connectivity index (χ0) is 16.2. The average Bonchev–Trinajstić information content (AvgIpc) is 2.48. The van der Waals surface area contributed by atoms with E-state index in [0.717, 1.165) is 0 Å². The standard InChI is InChI=1S/C14H12Cl2FNO3S/c15-11-6-5-10(9-12(11)16)22(19,20)18-7-8-21-14-4-2-1-3-13(14)17/h1-6,9,18H,7-8H2. The van der Waals surface area contributed by atoms with Crippen LogP contribution in [0.15, 0.2) is 47.4 Å². The Labute approximate surface area is 137 Å². The number of halogens is 3. The van der Waals surface area contributed by atoms with Crippen LogP contribution in [-0.2, 0) is 10.0 Å². The van der Waals surface area contributed by atoms with E-state index < -0.39 is 15.8 Å². The summed E-state index contributed by atoms with van der Waals surface area (Å²) in [6.07, 6.45) is 0. The summed E-state index contributed by atoms with van der Waals surface area (Å²) in [5, 5.41) is 0.413. The molecule has 2 aromatic carbocycles. The highest BCUT2D eigenvalue weighted by molar-refractivity contribution is 7.89. The lowest BCUT2D eigenvalue weighted by molar-refractivity contribution is 0.306. The van der Waals surface area contributed by atoms with Crippen LogP contribution in [0.2, 0.25) is 10.0 Å². The minimum Gasteiger partial charge on any atom is -0.489 e. The highest BCUT2D eigenvalue weighted by Crippen LogP contribution is 2.24. The largest absolute Gasteiger partial charge is 0.489 e. The molecule has 0 aromatic heterocycles. The normalized spacial score (nSPS) is 11.4. The van der Waals surface area contributed by atoms with Gasteiger partial charge in [-0.25, -0.2) is 17.5 Å². The molecular formula is C14H12Cl2FNO3S. The number of hydrogen-bond donors (Lipinski definition) is 1. The Morgan fingerprint density at radius 3 is 2.50 bits per heavy atom. The lowest BCUT2D eigenvalue weighted by Gasteiger charge is -2.09. The van der Waals surface area contributed by atoms with Gasteiger partial charge in [-0.05, 0) is 30.3 Å². The first kappa shape index (κ1) is 17.0. The molecular weight excluding hydrogens is 352 g/mol. The topological polar surface area (TPSA) is 55.4 Å².